The number of hydrogen-bond donors (Lipinski definition) is 1. The van der Waals surface area contributed by atoms with Crippen molar-refractivity contribution in [3.8, 4) is 11.1 Å². The normalized spacial score (nSPS) is 18.7. The highest BCUT2D eigenvalue weighted by molar-refractivity contribution is 5.83. The van der Waals surface area contributed by atoms with Crippen molar-refractivity contribution in [2.24, 2.45) is 0 Å². The van der Waals surface area contributed by atoms with E-state index in [0.717, 1.165) is 55.9 Å². The van der Waals surface area contributed by atoms with Gasteiger partial charge < -0.3 is 14.8 Å². The molecule has 0 spiro atoms. The summed E-state index contributed by atoms with van der Waals surface area (Å²) in [6.07, 6.45) is 4.16. The molecule has 1 atom stereocenters. The molecule has 2 aromatic heterocycles. The predicted octanol–water partition coefficient (Wildman–Crippen LogP) is 4.04. The molecular weight excluding hydrogens is 370 g/mol. The largest absolute Gasteiger partial charge is 0.354 e. The molecule has 1 saturated heterocycles. The second kappa shape index (κ2) is 7.26. The maximum absolute atomic E-state index is 4.91. The molecule has 4 heterocycles. The third-order valence-electron chi connectivity index (χ3n) is 6.42. The minimum Gasteiger partial charge on any atom is -0.354 e. The van der Waals surface area contributed by atoms with Crippen molar-refractivity contribution in [1.29, 1.82) is 0 Å². The minimum atomic E-state index is 0.370. The number of aryl methyl sites for hydroxylation is 1. The minimum absolute atomic E-state index is 0.370. The summed E-state index contributed by atoms with van der Waals surface area (Å²) in [5.74, 6) is 2.26. The lowest BCUT2D eigenvalue weighted by molar-refractivity contribution is 0.585. The fourth-order valence-corrected chi connectivity index (χ4v) is 4.87. The van der Waals surface area contributed by atoms with Gasteiger partial charge >= 0.3 is 0 Å². The van der Waals surface area contributed by atoms with E-state index in [1.165, 1.54) is 22.5 Å². The fraction of sp³-hybridized carbons (Fsp3) is 0.280. The molecule has 1 unspecified atom stereocenters. The van der Waals surface area contributed by atoms with Gasteiger partial charge in [-0.15, -0.1) is 0 Å². The number of aromatic nitrogens is 3. The van der Waals surface area contributed by atoms with Crippen molar-refractivity contribution < 1.29 is 0 Å². The van der Waals surface area contributed by atoms with Gasteiger partial charge in [0.1, 0.15) is 11.6 Å². The van der Waals surface area contributed by atoms with E-state index >= 15 is 0 Å². The van der Waals surface area contributed by atoms with Gasteiger partial charge in [-0.2, -0.15) is 0 Å². The van der Waals surface area contributed by atoms with Crippen LogP contribution in [0.4, 0.5) is 5.82 Å². The molecule has 6 rings (SSSR count). The zero-order valence-electron chi connectivity index (χ0n) is 17.0. The van der Waals surface area contributed by atoms with Gasteiger partial charge in [0.15, 0.2) is 0 Å². The lowest BCUT2D eigenvalue weighted by atomic mass is 10.0. The number of benzene rings is 2. The Morgan fingerprint density at radius 1 is 0.900 bits per heavy atom. The van der Waals surface area contributed by atoms with Gasteiger partial charge in [0, 0.05) is 44.4 Å². The topological polar surface area (TPSA) is 46.0 Å². The first-order valence-corrected chi connectivity index (χ1v) is 10.8. The monoisotopic (exact) mass is 395 g/mol. The van der Waals surface area contributed by atoms with E-state index < -0.39 is 0 Å². The Hall–Kier alpha value is -3.18. The van der Waals surface area contributed by atoms with Gasteiger partial charge in [0.2, 0.25) is 0 Å². The fourth-order valence-electron chi connectivity index (χ4n) is 4.87. The van der Waals surface area contributed by atoms with Gasteiger partial charge in [0.25, 0.3) is 0 Å². The first-order valence-electron chi connectivity index (χ1n) is 10.8. The van der Waals surface area contributed by atoms with Gasteiger partial charge in [-0.05, 0) is 41.8 Å². The Balaban J connectivity index is 1.36. The number of rotatable bonds is 3. The summed E-state index contributed by atoms with van der Waals surface area (Å²) in [5, 5.41) is 3.39. The van der Waals surface area contributed by atoms with Crippen LogP contribution in [0, 0.1) is 0 Å². The highest BCUT2D eigenvalue weighted by Crippen LogP contribution is 2.36. The van der Waals surface area contributed by atoms with Crippen LogP contribution in [0.5, 0.6) is 0 Å². The van der Waals surface area contributed by atoms with Crippen LogP contribution in [0.1, 0.15) is 23.9 Å². The van der Waals surface area contributed by atoms with Gasteiger partial charge in [-0.1, -0.05) is 36.4 Å². The van der Waals surface area contributed by atoms with Gasteiger partial charge in [-0.25, -0.2) is 9.97 Å². The zero-order valence-corrected chi connectivity index (χ0v) is 17.0. The van der Waals surface area contributed by atoms with Crippen molar-refractivity contribution in [3.63, 3.8) is 0 Å². The Labute approximate surface area is 176 Å². The number of pyridine rings is 1. The van der Waals surface area contributed by atoms with E-state index in [0.29, 0.717) is 6.04 Å². The van der Waals surface area contributed by atoms with E-state index in [2.05, 4.69) is 75.4 Å². The van der Waals surface area contributed by atoms with Crippen LogP contribution >= 0.6 is 0 Å². The van der Waals surface area contributed by atoms with Crippen LogP contribution in [0.3, 0.4) is 0 Å². The summed E-state index contributed by atoms with van der Waals surface area (Å²) in [5.41, 5.74) is 6.02. The van der Waals surface area contributed by atoms with E-state index in [-0.39, 0.29) is 0 Å². The third kappa shape index (κ3) is 2.97. The van der Waals surface area contributed by atoms with Gasteiger partial charge in [-0.3, -0.25) is 0 Å². The molecule has 150 valence electrons. The molecule has 0 saturated carbocycles. The quantitative estimate of drug-likeness (QED) is 0.569. The van der Waals surface area contributed by atoms with E-state index in [9.17, 15) is 0 Å². The van der Waals surface area contributed by atoms with Gasteiger partial charge in [0.05, 0.1) is 17.1 Å². The zero-order chi connectivity index (χ0) is 19.9. The van der Waals surface area contributed by atoms with Crippen molar-refractivity contribution >= 4 is 16.9 Å². The average molecular weight is 396 g/mol. The number of piperazine rings is 1. The maximum Gasteiger partial charge on any atom is 0.128 e. The number of fused-ring (bicyclic) bond motifs is 3. The average Bonchev–Trinajstić information content (AvgIpc) is 3.39. The maximum atomic E-state index is 4.91. The van der Waals surface area contributed by atoms with Crippen LogP contribution in [-0.4, -0.2) is 40.7 Å². The smallest absolute Gasteiger partial charge is 0.128 e. The molecule has 0 aliphatic carbocycles. The predicted molar refractivity (Wildman–Crippen MR) is 121 cm³/mol. The molecule has 2 aromatic carbocycles. The second-order valence-corrected chi connectivity index (χ2v) is 8.21. The molecule has 0 radical (unpaired) electrons. The summed E-state index contributed by atoms with van der Waals surface area (Å²) in [6, 6.07) is 22.1. The molecular formula is C25H25N5. The summed E-state index contributed by atoms with van der Waals surface area (Å²) in [6.45, 7) is 4.08. The molecule has 30 heavy (non-hydrogen) atoms. The van der Waals surface area contributed by atoms with Crippen LogP contribution in [0.2, 0.25) is 0 Å². The molecule has 2 aliphatic rings. The molecule has 4 aromatic rings. The van der Waals surface area contributed by atoms with E-state index in [4.69, 9.17) is 9.97 Å². The van der Waals surface area contributed by atoms with Crippen molar-refractivity contribution in [3.05, 3.63) is 78.2 Å². The van der Waals surface area contributed by atoms with E-state index in [1.54, 1.807) is 0 Å². The number of hydrogen-bond acceptors (Lipinski definition) is 4. The number of nitrogens with zero attached hydrogens (tertiary/aromatic N) is 4. The summed E-state index contributed by atoms with van der Waals surface area (Å²) in [7, 11) is 0. The molecule has 0 amide bonds. The highest BCUT2D eigenvalue weighted by atomic mass is 15.2. The summed E-state index contributed by atoms with van der Waals surface area (Å²) >= 11 is 0. The lowest BCUT2D eigenvalue weighted by Gasteiger charge is -2.28. The van der Waals surface area contributed by atoms with Crippen LogP contribution in [-0.2, 0) is 6.42 Å². The first-order chi connectivity index (χ1) is 14.9. The third-order valence-corrected chi connectivity index (χ3v) is 6.42. The van der Waals surface area contributed by atoms with Crippen LogP contribution in [0.15, 0.2) is 66.9 Å². The standard InChI is InChI=1S/C25H25N5/c1-2-4-18(5-3-1)22-9-11-25-28-21-8-6-19(16-23(21)30(22)25)20-7-10-24(27-17-20)29-14-12-26-13-15-29/h1-8,10,16-17,22,26H,9,11-15H2. The molecule has 1 N–H and O–H groups in total. The molecule has 1 fully saturated rings. The Kier molecular flexibility index (Phi) is 4.27. The van der Waals surface area contributed by atoms with Crippen molar-refractivity contribution in [1.82, 2.24) is 19.9 Å². The number of anilines is 1. The number of nitrogens with one attached hydrogen (secondary N) is 1. The molecule has 5 heteroatoms. The summed E-state index contributed by atoms with van der Waals surface area (Å²) < 4.78 is 2.44. The van der Waals surface area contributed by atoms with Crippen molar-refractivity contribution in [2.75, 3.05) is 31.1 Å². The Bertz CT molecular complexity index is 1170. The van der Waals surface area contributed by atoms with Crippen LogP contribution in [0.25, 0.3) is 22.2 Å². The Morgan fingerprint density at radius 2 is 1.73 bits per heavy atom. The van der Waals surface area contributed by atoms with Crippen molar-refractivity contribution in [2.45, 2.75) is 18.9 Å². The van der Waals surface area contributed by atoms with Crippen LogP contribution < -0.4 is 10.2 Å². The first kappa shape index (κ1) is 17.7. The highest BCUT2D eigenvalue weighted by Gasteiger charge is 2.27. The molecule has 2 aliphatic heterocycles. The van der Waals surface area contributed by atoms with E-state index in [1.807, 2.05) is 6.20 Å². The summed E-state index contributed by atoms with van der Waals surface area (Å²) in [4.78, 5) is 12.0. The molecule has 5 nitrogen and oxygen atoms in total. The lowest BCUT2D eigenvalue weighted by Crippen LogP contribution is -2.43. The number of imidazole rings is 1. The second-order valence-electron chi connectivity index (χ2n) is 8.21. The SMILES string of the molecule is c1ccc(C2CCc3nc4ccc(-c5ccc(N6CCNCC6)nc5)cc4n32)cc1. The molecule has 0 bridgehead atoms. The Morgan fingerprint density at radius 3 is 2.53 bits per heavy atom.